The molecule has 7 heteroatoms. The van der Waals surface area contributed by atoms with Crippen LogP contribution in [0.25, 0.3) is 0 Å². The largest absolute Gasteiger partial charge is 0.338 e. The minimum atomic E-state index is 0.150. The second-order valence-corrected chi connectivity index (χ2v) is 9.78. The molecule has 7 nitrogen and oxygen atoms in total. The Balaban J connectivity index is 1.55. The van der Waals surface area contributed by atoms with Crippen LogP contribution >= 0.6 is 0 Å². The van der Waals surface area contributed by atoms with Crippen molar-refractivity contribution in [1.29, 1.82) is 0 Å². The number of benzene rings is 1. The number of likely N-dealkylation sites (N-methyl/N-ethyl adjacent to an activating group) is 1. The van der Waals surface area contributed by atoms with Gasteiger partial charge in [-0.15, -0.1) is 0 Å². The van der Waals surface area contributed by atoms with Crippen LogP contribution in [0.2, 0.25) is 0 Å². The second kappa shape index (κ2) is 9.83. The molecular formula is C26H35N7. The summed E-state index contributed by atoms with van der Waals surface area (Å²) >= 11 is 0. The van der Waals surface area contributed by atoms with Crippen LogP contribution in [0.1, 0.15) is 50.2 Å². The fraction of sp³-hybridized carbons (Fsp3) is 0.462. The van der Waals surface area contributed by atoms with E-state index in [9.17, 15) is 0 Å². The predicted octanol–water partition coefficient (Wildman–Crippen LogP) is 4.21. The van der Waals surface area contributed by atoms with Crippen molar-refractivity contribution in [2.24, 2.45) is 0 Å². The third-order valence-corrected chi connectivity index (χ3v) is 6.11. The van der Waals surface area contributed by atoms with Crippen LogP contribution < -0.4 is 10.2 Å². The summed E-state index contributed by atoms with van der Waals surface area (Å²) in [7, 11) is 2.15. The molecule has 4 rings (SSSR count). The van der Waals surface area contributed by atoms with Crippen LogP contribution in [0, 0.1) is 0 Å². The fourth-order valence-electron chi connectivity index (χ4n) is 3.91. The van der Waals surface area contributed by atoms with Gasteiger partial charge in [0.25, 0.3) is 0 Å². The highest BCUT2D eigenvalue weighted by Crippen LogP contribution is 2.25. The molecule has 1 saturated heterocycles. The first-order valence-electron chi connectivity index (χ1n) is 11.8. The highest BCUT2D eigenvalue weighted by molar-refractivity contribution is 5.55. The van der Waals surface area contributed by atoms with Crippen LogP contribution in [0.5, 0.6) is 0 Å². The molecule has 3 aromatic rings. The Labute approximate surface area is 197 Å². The summed E-state index contributed by atoms with van der Waals surface area (Å²) < 4.78 is 0. The molecule has 33 heavy (non-hydrogen) atoms. The standard InChI is InChI=1S/C26H35N7/c1-6-22-28-24(31-25(29-22)33-16-14-32(5)15-17-33)30-23-20(8-7-13-27-23)18-19-9-11-21(12-10-19)26(2,3)4/h7-13H,6,14-18H2,1-5H3,(H,27,28,29,30,31). The van der Waals surface area contributed by atoms with Gasteiger partial charge in [0, 0.05) is 45.2 Å². The number of hydrogen-bond donors (Lipinski definition) is 1. The van der Waals surface area contributed by atoms with Gasteiger partial charge >= 0.3 is 0 Å². The first-order valence-corrected chi connectivity index (χ1v) is 11.8. The van der Waals surface area contributed by atoms with E-state index in [1.54, 1.807) is 6.20 Å². The molecule has 1 aromatic carbocycles. The smallest absolute Gasteiger partial charge is 0.233 e. The van der Waals surface area contributed by atoms with Gasteiger partial charge in [-0.3, -0.25) is 0 Å². The Bertz CT molecular complexity index is 1060. The van der Waals surface area contributed by atoms with Gasteiger partial charge in [0.1, 0.15) is 11.6 Å². The molecule has 1 fully saturated rings. The first-order chi connectivity index (χ1) is 15.8. The van der Waals surface area contributed by atoms with E-state index < -0.39 is 0 Å². The van der Waals surface area contributed by atoms with Crippen LogP contribution in [0.3, 0.4) is 0 Å². The molecule has 1 aliphatic heterocycles. The molecule has 0 unspecified atom stereocenters. The molecule has 1 N–H and O–H groups in total. The van der Waals surface area contributed by atoms with E-state index in [0.717, 1.165) is 62.2 Å². The lowest BCUT2D eigenvalue weighted by molar-refractivity contribution is 0.311. The lowest BCUT2D eigenvalue weighted by Gasteiger charge is -2.32. The minimum absolute atomic E-state index is 0.150. The molecule has 174 valence electrons. The highest BCUT2D eigenvalue weighted by Gasteiger charge is 2.19. The normalized spacial score (nSPS) is 15.0. The lowest BCUT2D eigenvalue weighted by atomic mass is 9.86. The van der Waals surface area contributed by atoms with Crippen LogP contribution in [-0.4, -0.2) is 58.1 Å². The third-order valence-electron chi connectivity index (χ3n) is 6.11. The Morgan fingerprint density at radius 3 is 2.33 bits per heavy atom. The summed E-state index contributed by atoms with van der Waals surface area (Å²) in [6.07, 6.45) is 3.35. The van der Waals surface area contributed by atoms with Crippen LogP contribution in [-0.2, 0) is 18.3 Å². The fourth-order valence-corrected chi connectivity index (χ4v) is 3.91. The monoisotopic (exact) mass is 445 g/mol. The summed E-state index contributed by atoms with van der Waals surface area (Å²) in [5, 5.41) is 3.38. The van der Waals surface area contributed by atoms with Crippen molar-refractivity contribution in [3.63, 3.8) is 0 Å². The summed E-state index contributed by atoms with van der Waals surface area (Å²) in [4.78, 5) is 23.2. The second-order valence-electron chi connectivity index (χ2n) is 9.78. The number of pyridine rings is 1. The topological polar surface area (TPSA) is 70.1 Å². The Morgan fingerprint density at radius 1 is 0.939 bits per heavy atom. The summed E-state index contributed by atoms with van der Waals surface area (Å²) in [5.41, 5.74) is 3.85. The van der Waals surface area contributed by atoms with Gasteiger partial charge in [0.2, 0.25) is 11.9 Å². The highest BCUT2D eigenvalue weighted by atomic mass is 15.3. The maximum absolute atomic E-state index is 4.75. The first kappa shape index (κ1) is 23.1. The van der Waals surface area contributed by atoms with Crippen molar-refractivity contribution >= 4 is 17.7 Å². The van der Waals surface area contributed by atoms with Crippen molar-refractivity contribution in [2.45, 2.75) is 46.0 Å². The number of piperazine rings is 1. The Hall–Kier alpha value is -3.06. The van der Waals surface area contributed by atoms with Crippen LogP contribution in [0.4, 0.5) is 17.7 Å². The molecule has 1 aliphatic rings. The van der Waals surface area contributed by atoms with E-state index >= 15 is 0 Å². The Morgan fingerprint density at radius 2 is 1.67 bits per heavy atom. The van der Waals surface area contributed by atoms with Gasteiger partial charge in [0.05, 0.1) is 0 Å². The van der Waals surface area contributed by atoms with Gasteiger partial charge in [0.15, 0.2) is 0 Å². The molecule has 0 aliphatic carbocycles. The lowest BCUT2D eigenvalue weighted by Crippen LogP contribution is -2.45. The summed E-state index contributed by atoms with van der Waals surface area (Å²) in [6, 6.07) is 12.9. The summed E-state index contributed by atoms with van der Waals surface area (Å²) in [5.74, 6) is 2.87. The van der Waals surface area contributed by atoms with E-state index in [1.165, 1.54) is 11.1 Å². The van der Waals surface area contributed by atoms with Crippen molar-refractivity contribution in [3.05, 3.63) is 65.1 Å². The van der Waals surface area contributed by atoms with Crippen LogP contribution in [0.15, 0.2) is 42.6 Å². The molecule has 3 heterocycles. The van der Waals surface area contributed by atoms with Gasteiger partial charge in [-0.05, 0) is 35.2 Å². The molecule has 0 spiro atoms. The van der Waals surface area contributed by atoms with Gasteiger partial charge in [-0.2, -0.15) is 15.0 Å². The zero-order valence-corrected chi connectivity index (χ0v) is 20.5. The van der Waals surface area contributed by atoms with Crippen molar-refractivity contribution < 1.29 is 0 Å². The zero-order chi connectivity index (χ0) is 23.4. The van der Waals surface area contributed by atoms with E-state index in [4.69, 9.17) is 4.98 Å². The molecule has 0 atom stereocenters. The van der Waals surface area contributed by atoms with E-state index in [0.29, 0.717) is 5.95 Å². The Kier molecular flexibility index (Phi) is 6.88. The molecule has 2 aromatic heterocycles. The molecule has 0 amide bonds. The zero-order valence-electron chi connectivity index (χ0n) is 20.5. The summed E-state index contributed by atoms with van der Waals surface area (Å²) in [6.45, 7) is 12.6. The predicted molar refractivity (Wildman–Crippen MR) is 134 cm³/mol. The van der Waals surface area contributed by atoms with Gasteiger partial charge < -0.3 is 15.1 Å². The third kappa shape index (κ3) is 5.85. The van der Waals surface area contributed by atoms with Crippen molar-refractivity contribution in [2.75, 3.05) is 43.4 Å². The van der Waals surface area contributed by atoms with E-state index in [1.807, 2.05) is 6.07 Å². The number of anilines is 3. The van der Waals surface area contributed by atoms with Crippen molar-refractivity contribution in [1.82, 2.24) is 24.8 Å². The maximum atomic E-state index is 4.75. The molecular weight excluding hydrogens is 410 g/mol. The molecule has 0 bridgehead atoms. The molecule has 0 radical (unpaired) electrons. The number of aryl methyl sites for hydroxylation is 1. The minimum Gasteiger partial charge on any atom is -0.338 e. The number of rotatable bonds is 6. The average molecular weight is 446 g/mol. The average Bonchev–Trinajstić information content (AvgIpc) is 2.80. The number of aromatic nitrogens is 4. The maximum Gasteiger partial charge on any atom is 0.233 e. The van der Waals surface area contributed by atoms with E-state index in [-0.39, 0.29) is 5.41 Å². The number of hydrogen-bond acceptors (Lipinski definition) is 7. The van der Waals surface area contributed by atoms with E-state index in [2.05, 4.69) is 95.1 Å². The van der Waals surface area contributed by atoms with Gasteiger partial charge in [-0.25, -0.2) is 4.98 Å². The molecule has 0 saturated carbocycles. The van der Waals surface area contributed by atoms with Crippen molar-refractivity contribution in [3.8, 4) is 0 Å². The van der Waals surface area contributed by atoms with Gasteiger partial charge in [-0.1, -0.05) is 58.0 Å². The number of nitrogens with one attached hydrogen (secondary N) is 1. The quantitative estimate of drug-likeness (QED) is 0.609. The SMILES string of the molecule is CCc1nc(Nc2ncccc2Cc2ccc(C(C)(C)C)cc2)nc(N2CCN(C)CC2)n1. The number of nitrogens with zero attached hydrogens (tertiary/aromatic N) is 6.